The fourth-order valence-corrected chi connectivity index (χ4v) is 2.57. The number of amides is 1. The fraction of sp³-hybridized carbons (Fsp3) is 0.105. The molecule has 0 unspecified atom stereocenters. The van der Waals surface area contributed by atoms with Crippen LogP contribution in [0.3, 0.4) is 0 Å². The zero-order valence-electron chi connectivity index (χ0n) is 13.9. The Kier molecular flexibility index (Phi) is 4.95. The van der Waals surface area contributed by atoms with Crippen LogP contribution >= 0.6 is 11.6 Å². The van der Waals surface area contributed by atoms with Crippen LogP contribution in [0.1, 0.15) is 28.5 Å². The molecular weight excluding hydrogens is 336 g/mol. The molecule has 5 nitrogen and oxygen atoms in total. The minimum atomic E-state index is -0.333. The van der Waals surface area contributed by atoms with E-state index < -0.39 is 0 Å². The molecule has 0 aliphatic rings. The normalized spacial score (nSPS) is 11.4. The number of halogens is 1. The van der Waals surface area contributed by atoms with Gasteiger partial charge in [0.05, 0.1) is 11.4 Å². The highest BCUT2D eigenvalue weighted by molar-refractivity contribution is 6.30. The van der Waals surface area contributed by atoms with Crippen molar-refractivity contribution >= 4 is 23.2 Å². The van der Waals surface area contributed by atoms with E-state index in [0.717, 1.165) is 22.4 Å². The first kappa shape index (κ1) is 16.9. The second kappa shape index (κ2) is 7.32. The lowest BCUT2D eigenvalue weighted by Crippen LogP contribution is -2.20. The van der Waals surface area contributed by atoms with Crippen LogP contribution in [0.15, 0.2) is 59.7 Å². The average Bonchev–Trinajstić information content (AvgIpc) is 3.02. The summed E-state index contributed by atoms with van der Waals surface area (Å²) >= 11 is 5.87. The Morgan fingerprint density at radius 2 is 1.80 bits per heavy atom. The molecule has 0 aliphatic carbocycles. The second-order valence-corrected chi connectivity index (χ2v) is 6.02. The first-order valence-electron chi connectivity index (χ1n) is 7.77. The number of nitrogens with one attached hydrogen (secondary N) is 2. The molecule has 0 spiro atoms. The van der Waals surface area contributed by atoms with E-state index in [-0.39, 0.29) is 5.91 Å². The lowest BCUT2D eigenvalue weighted by molar-refractivity contribution is 0.0949. The van der Waals surface area contributed by atoms with Gasteiger partial charge in [0.15, 0.2) is 0 Å². The summed E-state index contributed by atoms with van der Waals surface area (Å²) in [4.78, 5) is 12.4. The molecule has 1 amide bonds. The lowest BCUT2D eigenvalue weighted by Gasteiger charge is -2.03. The number of aromatic amines is 1. The molecule has 0 fully saturated rings. The Bertz CT molecular complexity index is 914. The number of rotatable bonds is 4. The largest absolute Gasteiger partial charge is 0.289 e. The third-order valence-electron chi connectivity index (χ3n) is 3.87. The van der Waals surface area contributed by atoms with Gasteiger partial charge in [0, 0.05) is 16.1 Å². The average molecular weight is 353 g/mol. The first-order valence-corrected chi connectivity index (χ1v) is 8.15. The first-order chi connectivity index (χ1) is 12.1. The maximum absolute atomic E-state index is 12.4. The molecule has 0 saturated heterocycles. The van der Waals surface area contributed by atoms with Gasteiger partial charge in [0.2, 0.25) is 0 Å². The van der Waals surface area contributed by atoms with Crippen LogP contribution in [0, 0.1) is 6.92 Å². The molecule has 6 heteroatoms. The van der Waals surface area contributed by atoms with Crippen molar-refractivity contribution in [2.24, 2.45) is 5.10 Å². The van der Waals surface area contributed by atoms with E-state index in [4.69, 9.17) is 11.6 Å². The molecule has 1 heterocycles. The molecule has 3 aromatic rings. The number of aromatic nitrogens is 2. The monoisotopic (exact) mass is 352 g/mol. The minimum absolute atomic E-state index is 0.333. The topological polar surface area (TPSA) is 70.1 Å². The van der Waals surface area contributed by atoms with Crippen LogP contribution in [0.25, 0.3) is 11.3 Å². The molecule has 0 bridgehead atoms. The van der Waals surface area contributed by atoms with E-state index in [1.807, 2.05) is 56.3 Å². The van der Waals surface area contributed by atoms with Crippen molar-refractivity contribution in [2.75, 3.05) is 0 Å². The van der Waals surface area contributed by atoms with Gasteiger partial charge in [-0.3, -0.25) is 9.89 Å². The molecule has 0 saturated carbocycles. The Labute approximate surface area is 150 Å². The number of benzene rings is 2. The zero-order chi connectivity index (χ0) is 17.8. The van der Waals surface area contributed by atoms with Gasteiger partial charge in [0.25, 0.3) is 5.91 Å². The van der Waals surface area contributed by atoms with Gasteiger partial charge in [-0.05, 0) is 31.5 Å². The molecule has 1 aromatic heterocycles. The highest BCUT2D eigenvalue weighted by atomic mass is 35.5. The Balaban J connectivity index is 1.77. The quantitative estimate of drug-likeness (QED) is 0.546. The highest BCUT2D eigenvalue weighted by Gasteiger charge is 2.16. The van der Waals surface area contributed by atoms with E-state index in [9.17, 15) is 4.79 Å². The van der Waals surface area contributed by atoms with Crippen molar-refractivity contribution in [3.8, 4) is 11.3 Å². The number of carbonyl (C=O) groups excluding carboxylic acids is 1. The van der Waals surface area contributed by atoms with Gasteiger partial charge in [0.1, 0.15) is 5.69 Å². The fourth-order valence-electron chi connectivity index (χ4n) is 2.44. The van der Waals surface area contributed by atoms with Crippen LogP contribution in [-0.4, -0.2) is 21.8 Å². The molecule has 3 rings (SSSR count). The summed E-state index contributed by atoms with van der Waals surface area (Å²) in [6, 6.07) is 17.0. The Hall–Kier alpha value is -2.92. The van der Waals surface area contributed by atoms with E-state index in [2.05, 4.69) is 20.7 Å². The Morgan fingerprint density at radius 1 is 1.12 bits per heavy atom. The summed E-state index contributed by atoms with van der Waals surface area (Å²) in [5, 5.41) is 11.9. The van der Waals surface area contributed by atoms with Crippen molar-refractivity contribution < 1.29 is 4.79 Å². The molecule has 0 radical (unpaired) electrons. The summed E-state index contributed by atoms with van der Waals surface area (Å²) in [5.41, 5.74) is 7.02. The summed E-state index contributed by atoms with van der Waals surface area (Å²) in [5.74, 6) is -0.333. The van der Waals surface area contributed by atoms with Crippen molar-refractivity contribution in [3.05, 3.63) is 76.4 Å². The van der Waals surface area contributed by atoms with Gasteiger partial charge in [-0.1, -0.05) is 54.1 Å². The summed E-state index contributed by atoms with van der Waals surface area (Å²) in [7, 11) is 0. The van der Waals surface area contributed by atoms with E-state index in [0.29, 0.717) is 16.4 Å². The molecule has 25 heavy (non-hydrogen) atoms. The highest BCUT2D eigenvalue weighted by Crippen LogP contribution is 2.22. The SMILES string of the molecule is C/C(=N/NC(=O)c1[nH]nc(-c2ccccc2)c1C)c1ccc(Cl)cc1. The maximum atomic E-state index is 12.4. The van der Waals surface area contributed by atoms with Gasteiger partial charge >= 0.3 is 0 Å². The van der Waals surface area contributed by atoms with Crippen LogP contribution in [0.4, 0.5) is 0 Å². The third kappa shape index (κ3) is 3.78. The molecule has 2 aromatic carbocycles. The summed E-state index contributed by atoms with van der Waals surface area (Å²) in [6.07, 6.45) is 0. The number of H-pyrrole nitrogens is 1. The predicted molar refractivity (Wildman–Crippen MR) is 99.9 cm³/mol. The van der Waals surface area contributed by atoms with Crippen molar-refractivity contribution in [1.82, 2.24) is 15.6 Å². The molecule has 126 valence electrons. The van der Waals surface area contributed by atoms with E-state index in [1.165, 1.54) is 0 Å². The van der Waals surface area contributed by atoms with Crippen molar-refractivity contribution in [2.45, 2.75) is 13.8 Å². The predicted octanol–water partition coefficient (Wildman–Crippen LogP) is 4.19. The van der Waals surface area contributed by atoms with Gasteiger partial charge in [-0.15, -0.1) is 0 Å². The van der Waals surface area contributed by atoms with Crippen LogP contribution in [-0.2, 0) is 0 Å². The van der Waals surface area contributed by atoms with E-state index >= 15 is 0 Å². The van der Waals surface area contributed by atoms with Crippen LogP contribution in [0.2, 0.25) is 5.02 Å². The minimum Gasteiger partial charge on any atom is -0.272 e. The smallest absolute Gasteiger partial charge is 0.272 e. The third-order valence-corrected chi connectivity index (χ3v) is 4.12. The molecule has 2 N–H and O–H groups in total. The number of hydrogen-bond acceptors (Lipinski definition) is 3. The van der Waals surface area contributed by atoms with Gasteiger partial charge in [-0.2, -0.15) is 10.2 Å². The second-order valence-electron chi connectivity index (χ2n) is 5.58. The number of carbonyl (C=O) groups is 1. The standard InChI is InChI=1S/C19H17ClN4O/c1-12-17(15-6-4-3-5-7-15)22-23-18(12)19(25)24-21-13(2)14-8-10-16(20)11-9-14/h3-11H,1-2H3,(H,22,23)(H,24,25)/b21-13-. The van der Waals surface area contributed by atoms with Crippen molar-refractivity contribution in [3.63, 3.8) is 0 Å². The van der Waals surface area contributed by atoms with Crippen LogP contribution < -0.4 is 5.43 Å². The number of hydrogen-bond donors (Lipinski definition) is 2. The van der Waals surface area contributed by atoms with Crippen LogP contribution in [0.5, 0.6) is 0 Å². The van der Waals surface area contributed by atoms with Crippen molar-refractivity contribution in [1.29, 1.82) is 0 Å². The molecule has 0 atom stereocenters. The number of hydrazone groups is 1. The number of nitrogens with zero attached hydrogens (tertiary/aromatic N) is 2. The Morgan fingerprint density at radius 3 is 2.48 bits per heavy atom. The summed E-state index contributed by atoms with van der Waals surface area (Å²) < 4.78 is 0. The molecular formula is C19H17ClN4O. The summed E-state index contributed by atoms with van der Waals surface area (Å²) in [6.45, 7) is 3.68. The zero-order valence-corrected chi connectivity index (χ0v) is 14.6. The maximum Gasteiger partial charge on any atom is 0.289 e. The van der Waals surface area contributed by atoms with Gasteiger partial charge < -0.3 is 0 Å². The van der Waals surface area contributed by atoms with Gasteiger partial charge in [-0.25, -0.2) is 5.43 Å². The molecule has 0 aliphatic heterocycles. The lowest BCUT2D eigenvalue weighted by atomic mass is 10.1. The van der Waals surface area contributed by atoms with E-state index in [1.54, 1.807) is 12.1 Å².